The van der Waals surface area contributed by atoms with Gasteiger partial charge in [0.05, 0.1) is 12.5 Å². The predicted octanol–water partition coefficient (Wildman–Crippen LogP) is -1.56. The number of aliphatic hydroxyl groups excluding tert-OH is 1. The third-order valence-corrected chi connectivity index (χ3v) is 3.15. The fraction of sp³-hybridized carbons (Fsp3) is 0.800. The minimum absolute atomic E-state index is 0.244. The number of ether oxygens (including phenoxy) is 3. The lowest BCUT2D eigenvalue weighted by Gasteiger charge is -2.33. The first-order valence-electron chi connectivity index (χ1n) is 5.59. The summed E-state index contributed by atoms with van der Waals surface area (Å²) >= 11 is 0. The molecule has 0 amide bonds. The SMILES string of the molecule is CCOC(=O)[C@@H]1C[C@@H]([NH3+])[C@@H]2OC(=O)O[C@@H]2[C@H]1O. The van der Waals surface area contributed by atoms with Crippen LogP contribution in [0.1, 0.15) is 13.3 Å². The molecule has 0 spiro atoms. The number of hydrogen-bond donors (Lipinski definition) is 2. The molecule has 1 aliphatic heterocycles. The maximum absolute atomic E-state index is 11.6. The van der Waals surface area contributed by atoms with Gasteiger partial charge in [-0.05, 0) is 6.92 Å². The monoisotopic (exact) mass is 246 g/mol. The Balaban J connectivity index is 2.12. The minimum atomic E-state index is -1.09. The van der Waals surface area contributed by atoms with Gasteiger partial charge in [0, 0.05) is 6.42 Å². The van der Waals surface area contributed by atoms with Crippen LogP contribution in [0.15, 0.2) is 0 Å². The normalized spacial score (nSPS) is 40.2. The molecule has 4 N–H and O–H groups in total. The smallest absolute Gasteiger partial charge is 0.466 e. The van der Waals surface area contributed by atoms with E-state index in [2.05, 4.69) is 5.73 Å². The zero-order valence-electron chi connectivity index (χ0n) is 9.50. The molecule has 2 fully saturated rings. The first-order valence-corrected chi connectivity index (χ1v) is 5.59. The molecule has 17 heavy (non-hydrogen) atoms. The molecule has 2 rings (SSSR count). The fourth-order valence-corrected chi connectivity index (χ4v) is 2.33. The Bertz CT molecular complexity index is 333. The van der Waals surface area contributed by atoms with Crippen molar-refractivity contribution in [2.24, 2.45) is 5.92 Å². The largest absolute Gasteiger partial charge is 0.509 e. The predicted molar refractivity (Wildman–Crippen MR) is 52.6 cm³/mol. The lowest BCUT2D eigenvalue weighted by Crippen LogP contribution is -2.73. The molecule has 0 aromatic carbocycles. The zero-order chi connectivity index (χ0) is 12.6. The average molecular weight is 246 g/mol. The molecule has 0 bridgehead atoms. The van der Waals surface area contributed by atoms with E-state index in [9.17, 15) is 14.7 Å². The van der Waals surface area contributed by atoms with Crippen LogP contribution >= 0.6 is 0 Å². The van der Waals surface area contributed by atoms with Crippen LogP contribution in [0.5, 0.6) is 0 Å². The van der Waals surface area contributed by atoms with Crippen LogP contribution in [0.4, 0.5) is 4.79 Å². The van der Waals surface area contributed by atoms with E-state index in [0.717, 1.165) is 0 Å². The van der Waals surface area contributed by atoms with Crippen molar-refractivity contribution in [3.05, 3.63) is 0 Å². The van der Waals surface area contributed by atoms with E-state index in [1.54, 1.807) is 6.92 Å². The van der Waals surface area contributed by atoms with Crippen LogP contribution in [0.25, 0.3) is 0 Å². The van der Waals surface area contributed by atoms with Gasteiger partial charge in [0.25, 0.3) is 0 Å². The number of aliphatic hydroxyl groups is 1. The lowest BCUT2D eigenvalue weighted by atomic mass is 9.80. The van der Waals surface area contributed by atoms with E-state index in [4.69, 9.17) is 14.2 Å². The van der Waals surface area contributed by atoms with Crippen LogP contribution in [0, 0.1) is 5.92 Å². The summed E-state index contributed by atoms with van der Waals surface area (Å²) in [5, 5.41) is 9.99. The van der Waals surface area contributed by atoms with Crippen LogP contribution in [0.3, 0.4) is 0 Å². The van der Waals surface area contributed by atoms with Crippen molar-refractivity contribution in [2.45, 2.75) is 37.7 Å². The van der Waals surface area contributed by atoms with Crippen molar-refractivity contribution in [3.8, 4) is 0 Å². The van der Waals surface area contributed by atoms with E-state index >= 15 is 0 Å². The number of carbonyl (C=O) groups is 2. The van der Waals surface area contributed by atoms with Gasteiger partial charge >= 0.3 is 12.1 Å². The fourth-order valence-electron chi connectivity index (χ4n) is 2.33. The van der Waals surface area contributed by atoms with Crippen molar-refractivity contribution in [3.63, 3.8) is 0 Å². The molecule has 0 radical (unpaired) electrons. The molecular formula is C10H16NO6+. The topological polar surface area (TPSA) is 110 Å². The quantitative estimate of drug-likeness (QED) is 0.570. The van der Waals surface area contributed by atoms with E-state index in [1.165, 1.54) is 0 Å². The maximum Gasteiger partial charge on any atom is 0.509 e. The van der Waals surface area contributed by atoms with Gasteiger partial charge in [-0.15, -0.1) is 0 Å². The second-order valence-electron chi connectivity index (χ2n) is 4.26. The first kappa shape index (κ1) is 12.1. The Labute approximate surface area is 97.8 Å². The van der Waals surface area contributed by atoms with Gasteiger partial charge < -0.3 is 25.1 Å². The summed E-state index contributed by atoms with van der Waals surface area (Å²) < 4.78 is 14.6. The molecule has 2 aliphatic rings. The summed E-state index contributed by atoms with van der Waals surface area (Å²) in [5.41, 5.74) is 3.83. The van der Waals surface area contributed by atoms with Crippen molar-refractivity contribution >= 4 is 12.1 Å². The molecule has 1 saturated heterocycles. The van der Waals surface area contributed by atoms with Crippen molar-refractivity contribution in [1.82, 2.24) is 0 Å². The van der Waals surface area contributed by atoms with Crippen molar-refractivity contribution in [1.29, 1.82) is 0 Å². The lowest BCUT2D eigenvalue weighted by molar-refractivity contribution is -0.447. The van der Waals surface area contributed by atoms with Gasteiger partial charge in [0.2, 0.25) is 0 Å². The molecular weight excluding hydrogens is 230 g/mol. The van der Waals surface area contributed by atoms with Gasteiger partial charge in [0.1, 0.15) is 12.1 Å². The first-order chi connectivity index (χ1) is 8.04. The molecule has 1 heterocycles. The Morgan fingerprint density at radius 3 is 2.82 bits per heavy atom. The summed E-state index contributed by atoms with van der Waals surface area (Å²) in [5.74, 6) is -1.21. The Morgan fingerprint density at radius 2 is 2.18 bits per heavy atom. The van der Waals surface area contributed by atoms with Gasteiger partial charge in [0.15, 0.2) is 12.2 Å². The highest BCUT2D eigenvalue weighted by Gasteiger charge is 2.55. The second-order valence-corrected chi connectivity index (χ2v) is 4.26. The number of quaternary nitrogens is 1. The number of esters is 1. The summed E-state index contributed by atoms with van der Waals surface area (Å²) in [7, 11) is 0. The second kappa shape index (κ2) is 4.50. The highest BCUT2D eigenvalue weighted by atomic mass is 16.8. The highest BCUT2D eigenvalue weighted by molar-refractivity contribution is 5.74. The highest BCUT2D eigenvalue weighted by Crippen LogP contribution is 2.32. The van der Waals surface area contributed by atoms with E-state index < -0.39 is 36.4 Å². The Morgan fingerprint density at radius 1 is 1.53 bits per heavy atom. The van der Waals surface area contributed by atoms with Gasteiger partial charge in [-0.1, -0.05) is 0 Å². The maximum atomic E-state index is 11.6. The zero-order valence-corrected chi connectivity index (χ0v) is 9.50. The number of fused-ring (bicyclic) bond motifs is 1. The third-order valence-electron chi connectivity index (χ3n) is 3.15. The van der Waals surface area contributed by atoms with E-state index in [0.29, 0.717) is 6.42 Å². The molecule has 1 aliphatic carbocycles. The molecule has 0 aromatic rings. The molecule has 1 saturated carbocycles. The van der Waals surface area contributed by atoms with Crippen LogP contribution in [-0.4, -0.2) is 48.2 Å². The van der Waals surface area contributed by atoms with E-state index in [1.807, 2.05) is 0 Å². The Kier molecular flexibility index (Phi) is 3.21. The third kappa shape index (κ3) is 2.07. The summed E-state index contributed by atoms with van der Waals surface area (Å²) in [6.07, 6.45) is -3.00. The average Bonchev–Trinajstić information content (AvgIpc) is 2.66. The molecule has 96 valence electrons. The van der Waals surface area contributed by atoms with E-state index in [-0.39, 0.29) is 12.6 Å². The molecule has 0 unspecified atom stereocenters. The van der Waals surface area contributed by atoms with Crippen molar-refractivity contribution in [2.75, 3.05) is 6.61 Å². The van der Waals surface area contributed by atoms with Gasteiger partial charge in [-0.3, -0.25) is 4.79 Å². The number of hydrogen-bond acceptors (Lipinski definition) is 6. The van der Waals surface area contributed by atoms with Gasteiger partial charge in [-0.25, -0.2) is 4.79 Å². The van der Waals surface area contributed by atoms with Crippen molar-refractivity contribution < 1.29 is 34.6 Å². The summed E-state index contributed by atoms with van der Waals surface area (Å²) in [4.78, 5) is 22.6. The molecule has 5 atom stereocenters. The summed E-state index contributed by atoms with van der Waals surface area (Å²) in [6.45, 7) is 1.94. The minimum Gasteiger partial charge on any atom is -0.466 e. The molecule has 7 heteroatoms. The van der Waals surface area contributed by atoms with Crippen LogP contribution in [-0.2, 0) is 19.0 Å². The van der Waals surface area contributed by atoms with Crippen LogP contribution in [0.2, 0.25) is 0 Å². The standard InChI is InChI=1S/C10H15NO6/c1-2-15-9(13)4-3-5(11)7-8(6(4)12)17-10(14)16-7/h4-8,12H,2-3,11H2,1H3/p+1/t4-,5-,6+,7+,8-/m1/s1. The number of carbonyl (C=O) groups excluding carboxylic acids is 2. The van der Waals surface area contributed by atoms with Gasteiger partial charge in [-0.2, -0.15) is 0 Å². The molecule has 7 nitrogen and oxygen atoms in total. The summed E-state index contributed by atoms with van der Waals surface area (Å²) in [6, 6.07) is -0.288. The number of rotatable bonds is 2. The van der Waals surface area contributed by atoms with Crippen LogP contribution < -0.4 is 5.73 Å². The Hall–Kier alpha value is -1.34. The molecule has 0 aromatic heterocycles.